The Labute approximate surface area is 645 Å². The van der Waals surface area contributed by atoms with Crippen molar-refractivity contribution in [2.24, 2.45) is 11.8 Å². The molecule has 0 bridgehead atoms. The van der Waals surface area contributed by atoms with E-state index in [0.29, 0.717) is 25.7 Å². The molecule has 0 fully saturated rings. The fourth-order valence-corrected chi connectivity index (χ4v) is 15.0. The standard InChI is InChI=1S/C86H168O17P2/c1-7-9-11-13-15-17-19-21-23-24-25-26-27-28-31-36-40-46-53-59-65-71-86(91)102-81(74-96-83(88)68-62-56-50-44-38-35-32-29-30-33-37-42-48-54-60-66-78(3)4)76-100-104(92,93)98-72-80(87)73-99-105(94,95)101-77-82(75-97-84(89)69-63-57-51-47-41-43-49-55-61-67-79(5)6)103-85(90)70-64-58-52-45-39-34-22-20-18-16-14-12-10-8-2/h78-82,87H,7-77H2,1-6H3,(H,92,93)(H,94,95)/t80-,81-,82-/m1/s1. The van der Waals surface area contributed by atoms with Crippen LogP contribution in [0.15, 0.2) is 0 Å². The summed E-state index contributed by atoms with van der Waals surface area (Å²) in [4.78, 5) is 73.2. The van der Waals surface area contributed by atoms with Crippen molar-refractivity contribution in [3.05, 3.63) is 0 Å². The molecule has 2 unspecified atom stereocenters. The summed E-state index contributed by atoms with van der Waals surface area (Å²) in [7, 11) is -9.93. The van der Waals surface area contributed by atoms with Gasteiger partial charge in [0.1, 0.15) is 19.3 Å². The molecule has 3 N–H and O–H groups in total. The van der Waals surface area contributed by atoms with E-state index < -0.39 is 97.5 Å². The van der Waals surface area contributed by atoms with Crippen LogP contribution in [0.25, 0.3) is 0 Å². The second-order valence-electron chi connectivity index (χ2n) is 31.9. The first-order chi connectivity index (χ1) is 50.9. The predicted molar refractivity (Wildman–Crippen MR) is 432 cm³/mol. The largest absolute Gasteiger partial charge is 0.472 e. The number of carbonyl (C=O) groups excluding carboxylic acids is 4. The Balaban J connectivity index is 5.24. The van der Waals surface area contributed by atoms with Crippen LogP contribution in [0.3, 0.4) is 0 Å². The summed E-state index contributed by atoms with van der Waals surface area (Å²) >= 11 is 0. The molecule has 0 aromatic heterocycles. The lowest BCUT2D eigenvalue weighted by molar-refractivity contribution is -0.161. The van der Waals surface area contributed by atoms with Gasteiger partial charge in [0.05, 0.1) is 26.4 Å². The van der Waals surface area contributed by atoms with Gasteiger partial charge in [-0.15, -0.1) is 0 Å². The van der Waals surface area contributed by atoms with Crippen LogP contribution in [-0.4, -0.2) is 96.7 Å². The molecule has 0 aliphatic carbocycles. The number of aliphatic hydroxyl groups is 1. The molecule has 0 heterocycles. The van der Waals surface area contributed by atoms with E-state index in [1.807, 2.05) is 0 Å². The maximum atomic E-state index is 13.2. The van der Waals surface area contributed by atoms with Crippen LogP contribution in [0.2, 0.25) is 0 Å². The Kier molecular flexibility index (Phi) is 76.0. The third-order valence-electron chi connectivity index (χ3n) is 20.2. The summed E-state index contributed by atoms with van der Waals surface area (Å²) in [6.45, 7) is 9.68. The zero-order valence-electron chi connectivity index (χ0n) is 69.0. The van der Waals surface area contributed by atoms with Crippen molar-refractivity contribution in [3.8, 4) is 0 Å². The van der Waals surface area contributed by atoms with Crippen LogP contribution in [0.1, 0.15) is 459 Å². The summed E-state index contributed by atoms with van der Waals surface area (Å²) in [6.07, 6.45) is 69.4. The van der Waals surface area contributed by atoms with Crippen molar-refractivity contribution in [3.63, 3.8) is 0 Å². The Morgan fingerprint density at radius 2 is 0.438 bits per heavy atom. The van der Waals surface area contributed by atoms with Crippen LogP contribution in [0, 0.1) is 11.8 Å². The Morgan fingerprint density at radius 1 is 0.257 bits per heavy atom. The number of unbranched alkanes of at least 4 members (excludes halogenated alkanes) is 55. The molecule has 0 saturated carbocycles. The molecule has 0 aromatic carbocycles. The number of aliphatic hydroxyl groups excluding tert-OH is 1. The van der Waals surface area contributed by atoms with Crippen LogP contribution in [0.4, 0.5) is 0 Å². The molecule has 0 aromatic rings. The van der Waals surface area contributed by atoms with E-state index in [1.54, 1.807) is 0 Å². The first-order valence-corrected chi connectivity index (χ1v) is 47.5. The third kappa shape index (κ3) is 79.9. The zero-order valence-corrected chi connectivity index (χ0v) is 70.8. The molecular formula is C86H168O17P2. The number of phosphoric ester groups is 2. The van der Waals surface area contributed by atoms with Gasteiger partial charge in [0.2, 0.25) is 0 Å². The average Bonchev–Trinajstić information content (AvgIpc) is 0.907. The van der Waals surface area contributed by atoms with E-state index in [9.17, 15) is 43.2 Å². The minimum Gasteiger partial charge on any atom is -0.462 e. The lowest BCUT2D eigenvalue weighted by Crippen LogP contribution is -2.30. The van der Waals surface area contributed by atoms with Gasteiger partial charge in [0, 0.05) is 25.7 Å². The maximum Gasteiger partial charge on any atom is 0.472 e. The monoisotopic (exact) mass is 1540 g/mol. The molecule has 0 saturated heterocycles. The van der Waals surface area contributed by atoms with Crippen molar-refractivity contribution < 1.29 is 80.2 Å². The van der Waals surface area contributed by atoms with Crippen molar-refractivity contribution in [2.75, 3.05) is 39.6 Å². The Bertz CT molecular complexity index is 2010. The van der Waals surface area contributed by atoms with Gasteiger partial charge in [-0.05, 0) is 37.5 Å². The lowest BCUT2D eigenvalue weighted by Gasteiger charge is -2.21. The first-order valence-electron chi connectivity index (χ1n) is 44.5. The summed E-state index contributed by atoms with van der Waals surface area (Å²) in [6, 6.07) is 0. The number of carbonyl (C=O) groups is 4. The van der Waals surface area contributed by atoms with Gasteiger partial charge in [0.15, 0.2) is 12.2 Å². The molecule has 5 atom stereocenters. The quantitative estimate of drug-likeness (QED) is 0.0222. The van der Waals surface area contributed by atoms with Crippen LogP contribution in [-0.2, 0) is 65.4 Å². The molecule has 0 radical (unpaired) electrons. The van der Waals surface area contributed by atoms with Gasteiger partial charge in [-0.3, -0.25) is 37.3 Å². The van der Waals surface area contributed by atoms with Crippen molar-refractivity contribution >= 4 is 39.5 Å². The summed E-state index contributed by atoms with van der Waals surface area (Å²) in [5.74, 6) is -0.551. The lowest BCUT2D eigenvalue weighted by atomic mass is 10.0. The fourth-order valence-electron chi connectivity index (χ4n) is 13.4. The highest BCUT2D eigenvalue weighted by Crippen LogP contribution is 2.45. The number of hydrogen-bond donors (Lipinski definition) is 3. The van der Waals surface area contributed by atoms with Gasteiger partial charge in [-0.2, -0.15) is 0 Å². The van der Waals surface area contributed by atoms with E-state index in [-0.39, 0.29) is 25.7 Å². The first kappa shape index (κ1) is 103. The fraction of sp³-hybridized carbons (Fsp3) is 0.953. The van der Waals surface area contributed by atoms with E-state index in [4.69, 9.17) is 37.0 Å². The van der Waals surface area contributed by atoms with Gasteiger partial charge >= 0.3 is 39.5 Å². The summed E-state index contributed by atoms with van der Waals surface area (Å²) in [5, 5.41) is 10.7. The predicted octanol–water partition coefficient (Wildman–Crippen LogP) is 26.2. The number of rotatable bonds is 85. The van der Waals surface area contributed by atoms with Crippen molar-refractivity contribution in [1.29, 1.82) is 0 Å². The minimum atomic E-state index is -4.97. The second kappa shape index (κ2) is 77.4. The van der Waals surface area contributed by atoms with E-state index in [2.05, 4.69) is 41.5 Å². The Hall–Kier alpha value is -1.94. The minimum absolute atomic E-state index is 0.108. The molecule has 0 aliphatic heterocycles. The van der Waals surface area contributed by atoms with Crippen molar-refractivity contribution in [1.82, 2.24) is 0 Å². The molecule has 0 rings (SSSR count). The molecule has 17 nitrogen and oxygen atoms in total. The summed E-state index contributed by atoms with van der Waals surface area (Å²) < 4.78 is 68.9. The normalized spacial score (nSPS) is 13.8. The van der Waals surface area contributed by atoms with Gasteiger partial charge < -0.3 is 33.8 Å². The zero-order chi connectivity index (χ0) is 77.1. The van der Waals surface area contributed by atoms with Gasteiger partial charge in [0.25, 0.3) is 0 Å². The van der Waals surface area contributed by atoms with Crippen molar-refractivity contribution in [2.45, 2.75) is 477 Å². The smallest absolute Gasteiger partial charge is 0.462 e. The van der Waals surface area contributed by atoms with Crippen LogP contribution < -0.4 is 0 Å². The molecular weight excluding hydrogens is 1370 g/mol. The van der Waals surface area contributed by atoms with E-state index in [1.165, 1.54) is 276 Å². The number of esters is 4. The average molecular weight is 1540 g/mol. The molecule has 105 heavy (non-hydrogen) atoms. The third-order valence-corrected chi connectivity index (χ3v) is 22.1. The molecule has 0 amide bonds. The highest BCUT2D eigenvalue weighted by Gasteiger charge is 2.30. The molecule has 0 spiro atoms. The highest BCUT2D eigenvalue weighted by molar-refractivity contribution is 7.47. The maximum absolute atomic E-state index is 13.2. The van der Waals surface area contributed by atoms with Gasteiger partial charge in [-0.1, -0.05) is 408 Å². The number of phosphoric acid groups is 2. The highest BCUT2D eigenvalue weighted by atomic mass is 31.2. The van der Waals surface area contributed by atoms with Crippen LogP contribution in [0.5, 0.6) is 0 Å². The summed E-state index contributed by atoms with van der Waals surface area (Å²) in [5.41, 5.74) is 0. The second-order valence-corrected chi connectivity index (χ2v) is 34.8. The Morgan fingerprint density at radius 3 is 0.648 bits per heavy atom. The van der Waals surface area contributed by atoms with Gasteiger partial charge in [-0.25, -0.2) is 9.13 Å². The molecule has 0 aliphatic rings. The molecule has 19 heteroatoms. The number of ether oxygens (including phenoxy) is 4. The molecule has 624 valence electrons. The number of hydrogen-bond acceptors (Lipinski definition) is 15. The van der Waals surface area contributed by atoms with Crippen LogP contribution >= 0.6 is 15.6 Å². The van der Waals surface area contributed by atoms with E-state index >= 15 is 0 Å². The SMILES string of the molecule is CCCCCCCCCCCCCCCCCCCCCCCC(=O)O[C@H](COC(=O)CCCCCCCCCCCCCCCCCC(C)C)COP(=O)(O)OC[C@@H](O)COP(=O)(O)OC[C@@H](COC(=O)CCCCCCCCCCCC(C)C)OC(=O)CCCCCCCCCCCCCCCC. The topological polar surface area (TPSA) is 237 Å². The van der Waals surface area contributed by atoms with E-state index in [0.717, 1.165) is 102 Å².